The topological polar surface area (TPSA) is 91.8 Å². The predicted octanol–water partition coefficient (Wildman–Crippen LogP) is 1.21. The molecular formula is C13H17FN4O2. The van der Waals surface area contributed by atoms with E-state index in [2.05, 4.69) is 10.1 Å². The number of oxime groups is 1. The number of pyridine rings is 1. The summed E-state index contributed by atoms with van der Waals surface area (Å²) in [5, 5.41) is 11.8. The smallest absolute Gasteiger partial charge is 0.272 e. The molecule has 108 valence electrons. The summed E-state index contributed by atoms with van der Waals surface area (Å²) >= 11 is 0. The number of carbonyl (C=O) groups is 1. The van der Waals surface area contributed by atoms with E-state index in [0.717, 1.165) is 6.20 Å². The number of amides is 1. The minimum atomic E-state index is -0.472. The molecule has 0 bridgehead atoms. The van der Waals surface area contributed by atoms with Crippen LogP contribution in [-0.2, 0) is 0 Å². The molecule has 0 atom stereocenters. The zero-order valence-electron chi connectivity index (χ0n) is 11.2. The van der Waals surface area contributed by atoms with Crippen LogP contribution in [0.5, 0.6) is 0 Å². The van der Waals surface area contributed by atoms with Crippen LogP contribution in [0.1, 0.15) is 30.3 Å². The van der Waals surface area contributed by atoms with E-state index in [1.54, 1.807) is 4.90 Å². The van der Waals surface area contributed by atoms with Gasteiger partial charge in [-0.1, -0.05) is 12.1 Å². The molecule has 1 aromatic rings. The van der Waals surface area contributed by atoms with Gasteiger partial charge in [0.1, 0.15) is 17.3 Å². The van der Waals surface area contributed by atoms with Gasteiger partial charge in [-0.25, -0.2) is 9.37 Å². The van der Waals surface area contributed by atoms with Gasteiger partial charge in [0.15, 0.2) is 0 Å². The average molecular weight is 280 g/mol. The number of halogens is 1. The van der Waals surface area contributed by atoms with E-state index in [0.29, 0.717) is 25.9 Å². The summed E-state index contributed by atoms with van der Waals surface area (Å²) in [6, 6.07) is 2.58. The fraction of sp³-hybridized carbons (Fsp3) is 0.462. The number of likely N-dealkylation sites (tertiary alicyclic amines) is 1. The molecule has 1 aliphatic rings. The minimum absolute atomic E-state index is 0.185. The van der Waals surface area contributed by atoms with Crippen molar-refractivity contribution in [2.45, 2.75) is 19.8 Å². The van der Waals surface area contributed by atoms with Crippen LogP contribution >= 0.6 is 0 Å². The zero-order chi connectivity index (χ0) is 14.8. The fourth-order valence-electron chi connectivity index (χ4n) is 2.24. The van der Waals surface area contributed by atoms with Crippen LogP contribution in [0.4, 0.5) is 4.39 Å². The number of hydrogen-bond acceptors (Lipinski definition) is 4. The van der Waals surface area contributed by atoms with Crippen LogP contribution in [0.25, 0.3) is 0 Å². The van der Waals surface area contributed by atoms with Gasteiger partial charge in [0.2, 0.25) is 0 Å². The molecule has 3 N–H and O–H groups in total. The lowest BCUT2D eigenvalue weighted by Gasteiger charge is -2.38. The Morgan fingerprint density at radius 1 is 1.50 bits per heavy atom. The lowest BCUT2D eigenvalue weighted by Crippen LogP contribution is -2.47. The third kappa shape index (κ3) is 2.71. The number of nitrogens with zero attached hydrogens (tertiary/aromatic N) is 3. The monoisotopic (exact) mass is 280 g/mol. The molecule has 1 fully saturated rings. The van der Waals surface area contributed by atoms with Gasteiger partial charge in [-0.15, -0.1) is 0 Å². The van der Waals surface area contributed by atoms with E-state index < -0.39 is 11.2 Å². The van der Waals surface area contributed by atoms with Crippen molar-refractivity contribution in [2.75, 3.05) is 13.1 Å². The molecule has 20 heavy (non-hydrogen) atoms. The zero-order valence-corrected chi connectivity index (χ0v) is 11.2. The molecule has 0 aliphatic carbocycles. The molecule has 0 radical (unpaired) electrons. The first kappa shape index (κ1) is 14.2. The molecule has 1 aliphatic heterocycles. The standard InChI is InChI=1S/C13H17FN4O2/c1-13(12(15)17-20)4-6-18(7-5-13)11(19)10-3-2-9(14)8-16-10/h2-3,8,20H,4-7H2,1H3,(H2,15,17). The van der Waals surface area contributed by atoms with Crippen LogP contribution < -0.4 is 5.73 Å². The molecule has 0 saturated carbocycles. The highest BCUT2D eigenvalue weighted by Gasteiger charge is 2.35. The SMILES string of the molecule is CC1(/C(N)=N/O)CCN(C(=O)c2ccc(F)cn2)CC1. The summed E-state index contributed by atoms with van der Waals surface area (Å²) in [5.41, 5.74) is 5.49. The lowest BCUT2D eigenvalue weighted by atomic mass is 9.79. The maximum absolute atomic E-state index is 12.8. The van der Waals surface area contributed by atoms with Gasteiger partial charge < -0.3 is 15.8 Å². The first-order chi connectivity index (χ1) is 9.46. The summed E-state index contributed by atoms with van der Waals surface area (Å²) in [7, 11) is 0. The number of carbonyl (C=O) groups excluding carboxylic acids is 1. The van der Waals surface area contributed by atoms with Gasteiger partial charge in [-0.3, -0.25) is 4.79 Å². The van der Waals surface area contributed by atoms with E-state index in [4.69, 9.17) is 10.9 Å². The predicted molar refractivity (Wildman–Crippen MR) is 70.8 cm³/mol. The Hall–Kier alpha value is -2.18. The van der Waals surface area contributed by atoms with Gasteiger partial charge in [-0.2, -0.15) is 0 Å². The minimum Gasteiger partial charge on any atom is -0.409 e. The van der Waals surface area contributed by atoms with Crippen molar-refractivity contribution in [1.29, 1.82) is 0 Å². The number of piperidine rings is 1. The summed E-state index contributed by atoms with van der Waals surface area (Å²) < 4.78 is 12.8. The maximum Gasteiger partial charge on any atom is 0.272 e. The summed E-state index contributed by atoms with van der Waals surface area (Å²) in [6.07, 6.45) is 2.24. The normalized spacial score (nSPS) is 18.9. The van der Waals surface area contributed by atoms with Crippen molar-refractivity contribution < 1.29 is 14.4 Å². The Labute approximate surface area is 116 Å². The average Bonchev–Trinajstić information content (AvgIpc) is 2.47. The molecule has 1 aromatic heterocycles. The van der Waals surface area contributed by atoms with Crippen LogP contribution in [-0.4, -0.2) is 39.9 Å². The second-order valence-electron chi connectivity index (χ2n) is 5.20. The molecule has 7 heteroatoms. The van der Waals surface area contributed by atoms with Crippen molar-refractivity contribution in [3.63, 3.8) is 0 Å². The number of aromatic nitrogens is 1. The van der Waals surface area contributed by atoms with Crippen LogP contribution in [0.3, 0.4) is 0 Å². The highest BCUT2D eigenvalue weighted by molar-refractivity contribution is 5.92. The Balaban J connectivity index is 2.04. The Kier molecular flexibility index (Phi) is 3.87. The molecule has 0 spiro atoms. The highest BCUT2D eigenvalue weighted by Crippen LogP contribution is 2.31. The van der Waals surface area contributed by atoms with Crippen molar-refractivity contribution in [2.24, 2.45) is 16.3 Å². The maximum atomic E-state index is 12.8. The molecule has 1 amide bonds. The Bertz CT molecular complexity index is 522. The van der Waals surface area contributed by atoms with Crippen molar-refractivity contribution in [1.82, 2.24) is 9.88 Å². The lowest BCUT2D eigenvalue weighted by molar-refractivity contribution is 0.0660. The summed E-state index contributed by atoms with van der Waals surface area (Å²) in [4.78, 5) is 17.6. The van der Waals surface area contributed by atoms with Crippen LogP contribution in [0.2, 0.25) is 0 Å². The molecule has 0 unspecified atom stereocenters. The van der Waals surface area contributed by atoms with Crippen molar-refractivity contribution in [3.05, 3.63) is 29.8 Å². The largest absolute Gasteiger partial charge is 0.409 e. The first-order valence-corrected chi connectivity index (χ1v) is 6.35. The van der Waals surface area contributed by atoms with Gasteiger partial charge in [0, 0.05) is 18.5 Å². The number of rotatable bonds is 2. The van der Waals surface area contributed by atoms with Crippen molar-refractivity contribution >= 4 is 11.7 Å². The number of nitrogens with two attached hydrogens (primary N) is 1. The highest BCUT2D eigenvalue weighted by atomic mass is 19.1. The molecule has 1 saturated heterocycles. The first-order valence-electron chi connectivity index (χ1n) is 6.35. The quantitative estimate of drug-likeness (QED) is 0.368. The second kappa shape index (κ2) is 5.44. The third-order valence-electron chi connectivity index (χ3n) is 3.83. The molecule has 6 nitrogen and oxygen atoms in total. The second-order valence-corrected chi connectivity index (χ2v) is 5.20. The van der Waals surface area contributed by atoms with Gasteiger partial charge >= 0.3 is 0 Å². The fourth-order valence-corrected chi connectivity index (χ4v) is 2.24. The third-order valence-corrected chi connectivity index (χ3v) is 3.83. The van der Waals surface area contributed by atoms with E-state index in [9.17, 15) is 9.18 Å². The van der Waals surface area contributed by atoms with E-state index in [1.165, 1.54) is 12.1 Å². The molecule has 0 aromatic carbocycles. The molecule has 2 heterocycles. The van der Waals surface area contributed by atoms with E-state index >= 15 is 0 Å². The molecular weight excluding hydrogens is 263 g/mol. The summed E-state index contributed by atoms with van der Waals surface area (Å²) in [6.45, 7) is 2.88. The van der Waals surface area contributed by atoms with Gasteiger partial charge in [-0.05, 0) is 25.0 Å². The molecule has 2 rings (SSSR count). The number of amidine groups is 1. The number of hydrogen-bond donors (Lipinski definition) is 2. The Morgan fingerprint density at radius 3 is 2.65 bits per heavy atom. The summed E-state index contributed by atoms with van der Waals surface area (Å²) in [5.74, 6) is -0.518. The van der Waals surface area contributed by atoms with E-state index in [-0.39, 0.29) is 17.4 Å². The van der Waals surface area contributed by atoms with Crippen LogP contribution in [0.15, 0.2) is 23.5 Å². The Morgan fingerprint density at radius 2 is 2.15 bits per heavy atom. The van der Waals surface area contributed by atoms with Crippen LogP contribution in [0, 0.1) is 11.2 Å². The van der Waals surface area contributed by atoms with Crippen molar-refractivity contribution in [3.8, 4) is 0 Å². The van der Waals surface area contributed by atoms with E-state index in [1.807, 2.05) is 6.92 Å². The van der Waals surface area contributed by atoms with Gasteiger partial charge in [0.25, 0.3) is 5.91 Å². The van der Waals surface area contributed by atoms with Gasteiger partial charge in [0.05, 0.1) is 6.20 Å².